The van der Waals surface area contributed by atoms with Crippen molar-refractivity contribution >= 4 is 5.96 Å². The lowest BCUT2D eigenvalue weighted by molar-refractivity contribution is 0.130. The fourth-order valence-electron chi connectivity index (χ4n) is 8.25. The van der Waals surface area contributed by atoms with Gasteiger partial charge in [-0.1, -0.05) is 85.0 Å². The average Bonchev–Trinajstić information content (AvgIpc) is 3.35. The lowest BCUT2D eigenvalue weighted by Gasteiger charge is -2.39. The largest absolute Gasteiger partial charge is 0.338 e. The first-order valence-corrected chi connectivity index (χ1v) is 15.0. The summed E-state index contributed by atoms with van der Waals surface area (Å²) >= 11 is 0. The number of guanidine groups is 1. The molecule has 0 N–H and O–H groups in total. The van der Waals surface area contributed by atoms with Crippen molar-refractivity contribution < 1.29 is 0 Å². The second kappa shape index (κ2) is 10.5. The molecule has 0 aromatic carbocycles. The van der Waals surface area contributed by atoms with Gasteiger partial charge in [0.2, 0.25) is 0 Å². The van der Waals surface area contributed by atoms with Gasteiger partial charge < -0.3 is 9.80 Å². The van der Waals surface area contributed by atoms with Crippen LogP contribution < -0.4 is 0 Å². The van der Waals surface area contributed by atoms with Gasteiger partial charge in [-0.3, -0.25) is 4.99 Å². The van der Waals surface area contributed by atoms with Gasteiger partial charge in [0.1, 0.15) is 0 Å². The minimum atomic E-state index is 0.487. The van der Waals surface area contributed by atoms with E-state index in [9.17, 15) is 0 Å². The minimum Gasteiger partial charge on any atom is -0.338 e. The Hall–Kier alpha value is -0.730. The molecule has 3 saturated carbocycles. The van der Waals surface area contributed by atoms with Gasteiger partial charge in [-0.25, -0.2) is 0 Å². The van der Waals surface area contributed by atoms with Gasteiger partial charge in [0.05, 0.1) is 12.6 Å². The van der Waals surface area contributed by atoms with E-state index in [1.165, 1.54) is 122 Å². The van der Waals surface area contributed by atoms with Crippen molar-refractivity contribution in [1.82, 2.24) is 9.80 Å². The second-order valence-corrected chi connectivity index (χ2v) is 13.8. The fraction of sp³-hybridized carbons (Fsp3) is 0.967. The lowest BCUT2D eigenvalue weighted by atomic mass is 9.70. The van der Waals surface area contributed by atoms with Crippen LogP contribution in [0, 0.1) is 29.1 Å². The van der Waals surface area contributed by atoms with E-state index in [-0.39, 0.29) is 0 Å². The summed E-state index contributed by atoms with van der Waals surface area (Å²) in [6.45, 7) is 11.0. The molecular formula is C30H53N3. The number of aliphatic imine (C=N–C) groups is 1. The van der Waals surface area contributed by atoms with Crippen LogP contribution in [-0.4, -0.2) is 47.5 Å². The highest BCUT2D eigenvalue weighted by Crippen LogP contribution is 2.42. The van der Waals surface area contributed by atoms with Crippen molar-refractivity contribution in [2.45, 2.75) is 136 Å². The normalized spacial score (nSPS) is 34.6. The van der Waals surface area contributed by atoms with Crippen LogP contribution in [-0.2, 0) is 0 Å². The first-order valence-electron chi connectivity index (χ1n) is 15.0. The molecule has 0 amide bonds. The fourth-order valence-corrected chi connectivity index (χ4v) is 8.25. The monoisotopic (exact) mass is 455 g/mol. The van der Waals surface area contributed by atoms with Crippen molar-refractivity contribution in [3.63, 3.8) is 0 Å². The molecule has 1 saturated heterocycles. The summed E-state index contributed by atoms with van der Waals surface area (Å²) in [5, 5.41) is 0. The Balaban J connectivity index is 1.23. The number of hydrogen-bond acceptors (Lipinski definition) is 3. The van der Waals surface area contributed by atoms with Gasteiger partial charge in [-0.2, -0.15) is 0 Å². The Bertz CT molecular complexity index is 644. The summed E-state index contributed by atoms with van der Waals surface area (Å²) in [4.78, 5) is 10.9. The molecule has 0 unspecified atom stereocenters. The van der Waals surface area contributed by atoms with Gasteiger partial charge in [-0.05, 0) is 67.6 Å². The van der Waals surface area contributed by atoms with Crippen LogP contribution in [0.4, 0.5) is 0 Å². The minimum absolute atomic E-state index is 0.487. The number of hydrogen-bond donors (Lipinski definition) is 0. The van der Waals surface area contributed by atoms with Crippen molar-refractivity contribution in [2.75, 3.05) is 19.6 Å². The first-order chi connectivity index (χ1) is 16.0. The molecule has 3 nitrogen and oxygen atoms in total. The Labute approximate surface area is 205 Å². The third-order valence-electron chi connectivity index (χ3n) is 10.4. The maximum Gasteiger partial charge on any atom is 0.197 e. The molecular weight excluding hydrogens is 402 g/mol. The van der Waals surface area contributed by atoms with Crippen LogP contribution in [0.1, 0.15) is 124 Å². The summed E-state index contributed by atoms with van der Waals surface area (Å²) in [5.41, 5.74) is 0.487. The third-order valence-corrected chi connectivity index (χ3v) is 10.4. The molecule has 2 heterocycles. The standard InChI is InChI=1S/C30H53N3/c1-30(2,3)26-16-14-25(15-17-26)21-32-28(19-24-12-8-5-9-13-24)22-33-27(20-31-29(32)33)18-23-10-6-4-7-11-23/h23-28H,4-22H2,1-3H3/t25?,26?,27-,28-/m0/s1. The molecule has 3 aliphatic carbocycles. The van der Waals surface area contributed by atoms with E-state index in [1.54, 1.807) is 0 Å². The molecule has 188 valence electrons. The van der Waals surface area contributed by atoms with E-state index in [1.807, 2.05) is 0 Å². The van der Waals surface area contributed by atoms with E-state index >= 15 is 0 Å². The molecule has 3 heteroatoms. The third kappa shape index (κ3) is 5.75. The summed E-state index contributed by atoms with van der Waals surface area (Å²) < 4.78 is 0. The lowest BCUT2D eigenvalue weighted by Crippen LogP contribution is -2.41. The maximum absolute atomic E-state index is 5.26. The van der Waals surface area contributed by atoms with Gasteiger partial charge in [0.15, 0.2) is 5.96 Å². The van der Waals surface area contributed by atoms with Gasteiger partial charge in [0.25, 0.3) is 0 Å². The summed E-state index contributed by atoms with van der Waals surface area (Å²) in [5.74, 6) is 5.18. The molecule has 0 bridgehead atoms. The molecule has 0 radical (unpaired) electrons. The van der Waals surface area contributed by atoms with E-state index in [4.69, 9.17) is 4.99 Å². The van der Waals surface area contributed by atoms with Gasteiger partial charge in [-0.15, -0.1) is 0 Å². The molecule has 0 aromatic heterocycles. The van der Waals surface area contributed by atoms with E-state index in [0.29, 0.717) is 11.5 Å². The highest BCUT2D eigenvalue weighted by atomic mass is 15.5. The van der Waals surface area contributed by atoms with Crippen LogP contribution >= 0.6 is 0 Å². The van der Waals surface area contributed by atoms with Crippen LogP contribution in [0.15, 0.2) is 4.99 Å². The van der Waals surface area contributed by atoms with Crippen LogP contribution in [0.2, 0.25) is 0 Å². The SMILES string of the molecule is CC(C)(C)C1CCC(CN2C3=NC[C@H](CC4CCCCC4)N3C[C@@H]2CC2CCCCC2)CC1. The predicted molar refractivity (Wildman–Crippen MR) is 141 cm³/mol. The highest BCUT2D eigenvalue weighted by Gasteiger charge is 2.44. The van der Waals surface area contributed by atoms with Crippen molar-refractivity contribution in [2.24, 2.45) is 34.1 Å². The van der Waals surface area contributed by atoms with E-state index < -0.39 is 0 Å². The zero-order valence-electron chi connectivity index (χ0n) is 22.2. The van der Waals surface area contributed by atoms with Crippen LogP contribution in [0.25, 0.3) is 0 Å². The molecule has 2 aliphatic heterocycles. The average molecular weight is 456 g/mol. The number of rotatable bonds is 6. The smallest absolute Gasteiger partial charge is 0.197 e. The zero-order valence-corrected chi connectivity index (χ0v) is 22.2. The second-order valence-electron chi connectivity index (χ2n) is 13.8. The van der Waals surface area contributed by atoms with E-state index in [2.05, 4.69) is 30.6 Å². The number of fused-ring (bicyclic) bond motifs is 1. The van der Waals surface area contributed by atoms with Crippen molar-refractivity contribution in [1.29, 1.82) is 0 Å². The highest BCUT2D eigenvalue weighted by molar-refractivity contribution is 5.84. The Kier molecular flexibility index (Phi) is 7.62. The molecule has 5 rings (SSSR count). The molecule has 0 spiro atoms. The Morgan fingerprint density at radius 1 is 0.697 bits per heavy atom. The Morgan fingerprint density at radius 2 is 1.27 bits per heavy atom. The Morgan fingerprint density at radius 3 is 1.85 bits per heavy atom. The predicted octanol–water partition coefficient (Wildman–Crippen LogP) is 7.50. The summed E-state index contributed by atoms with van der Waals surface area (Å²) in [7, 11) is 0. The van der Waals surface area contributed by atoms with Crippen LogP contribution in [0.3, 0.4) is 0 Å². The topological polar surface area (TPSA) is 18.8 Å². The molecule has 4 fully saturated rings. The first kappa shape index (κ1) is 24.0. The van der Waals surface area contributed by atoms with Crippen LogP contribution in [0.5, 0.6) is 0 Å². The molecule has 0 aromatic rings. The quantitative estimate of drug-likeness (QED) is 0.413. The zero-order chi connectivity index (χ0) is 22.8. The maximum atomic E-state index is 5.26. The number of nitrogens with zero attached hydrogens (tertiary/aromatic N) is 3. The van der Waals surface area contributed by atoms with E-state index in [0.717, 1.165) is 36.3 Å². The van der Waals surface area contributed by atoms with Gasteiger partial charge in [0, 0.05) is 19.1 Å². The molecule has 33 heavy (non-hydrogen) atoms. The van der Waals surface area contributed by atoms with Crippen molar-refractivity contribution in [3.8, 4) is 0 Å². The molecule has 5 aliphatic rings. The van der Waals surface area contributed by atoms with Gasteiger partial charge >= 0.3 is 0 Å². The van der Waals surface area contributed by atoms with Crippen molar-refractivity contribution in [3.05, 3.63) is 0 Å². The summed E-state index contributed by atoms with van der Waals surface area (Å²) in [6, 6.07) is 1.44. The molecule has 2 atom stereocenters. The summed E-state index contributed by atoms with van der Waals surface area (Å²) in [6.07, 6.45) is 23.4.